The molecule has 0 saturated carbocycles. The maximum absolute atomic E-state index is 12.4. The number of para-hydroxylation sites is 1. The van der Waals surface area contributed by atoms with E-state index in [0.29, 0.717) is 35.4 Å². The van der Waals surface area contributed by atoms with Crippen LogP contribution in [0.25, 0.3) is 11.3 Å². The predicted molar refractivity (Wildman–Crippen MR) is 106 cm³/mol. The van der Waals surface area contributed by atoms with Crippen LogP contribution in [0.5, 0.6) is 5.75 Å². The fraction of sp³-hybridized carbons (Fsp3) is 0.300. The largest absolute Gasteiger partial charge is 0.496 e. The van der Waals surface area contributed by atoms with E-state index in [0.717, 1.165) is 5.56 Å². The van der Waals surface area contributed by atoms with Gasteiger partial charge in [-0.25, -0.2) is 9.97 Å². The summed E-state index contributed by atoms with van der Waals surface area (Å²) in [6, 6.07) is 10.6. The third-order valence-electron chi connectivity index (χ3n) is 4.06. The lowest BCUT2D eigenvalue weighted by Crippen LogP contribution is -2.19. The average Bonchev–Trinajstić information content (AvgIpc) is 2.99. The Labute approximate surface area is 162 Å². The minimum atomic E-state index is -0.275. The van der Waals surface area contributed by atoms with Crippen LogP contribution in [0, 0.1) is 5.92 Å². The number of hydrogen-bond donors (Lipinski definition) is 2. The molecular weight excluding hydrogens is 358 g/mol. The van der Waals surface area contributed by atoms with E-state index < -0.39 is 0 Å². The number of ether oxygens (including phenoxy) is 1. The molecular formula is C20H23N5O3. The molecule has 0 radical (unpaired) electrons. The van der Waals surface area contributed by atoms with Gasteiger partial charge in [-0.2, -0.15) is 0 Å². The van der Waals surface area contributed by atoms with Gasteiger partial charge in [-0.15, -0.1) is 0 Å². The number of aromatic amines is 1. The van der Waals surface area contributed by atoms with E-state index in [-0.39, 0.29) is 17.9 Å². The van der Waals surface area contributed by atoms with Crippen molar-refractivity contribution < 1.29 is 9.53 Å². The Bertz CT molecular complexity index is 1020. The van der Waals surface area contributed by atoms with Crippen LogP contribution in [0.15, 0.2) is 47.5 Å². The smallest absolute Gasteiger partial charge is 0.266 e. The zero-order valence-corrected chi connectivity index (χ0v) is 16.1. The van der Waals surface area contributed by atoms with Gasteiger partial charge in [0, 0.05) is 29.9 Å². The zero-order chi connectivity index (χ0) is 20.1. The van der Waals surface area contributed by atoms with Gasteiger partial charge in [0.25, 0.3) is 5.56 Å². The van der Waals surface area contributed by atoms with Gasteiger partial charge in [0.2, 0.25) is 5.91 Å². The van der Waals surface area contributed by atoms with E-state index in [1.54, 1.807) is 13.2 Å². The summed E-state index contributed by atoms with van der Waals surface area (Å²) < 4.78 is 6.87. The third-order valence-corrected chi connectivity index (χ3v) is 4.06. The second-order valence-electron chi connectivity index (χ2n) is 6.84. The fourth-order valence-corrected chi connectivity index (χ4v) is 2.87. The molecule has 0 fully saturated rings. The highest BCUT2D eigenvalue weighted by atomic mass is 16.5. The highest BCUT2D eigenvalue weighted by Crippen LogP contribution is 2.28. The Morgan fingerprint density at radius 1 is 1.25 bits per heavy atom. The normalized spacial score (nSPS) is 10.9. The molecule has 2 N–H and O–H groups in total. The van der Waals surface area contributed by atoms with E-state index in [9.17, 15) is 9.59 Å². The molecule has 8 heteroatoms. The average molecular weight is 381 g/mol. The summed E-state index contributed by atoms with van der Waals surface area (Å²) >= 11 is 0. The third kappa shape index (κ3) is 4.64. The number of nitrogens with one attached hydrogen (secondary N) is 2. The van der Waals surface area contributed by atoms with E-state index in [2.05, 4.69) is 20.4 Å². The molecule has 1 amide bonds. The minimum absolute atomic E-state index is 0.0499. The Morgan fingerprint density at radius 3 is 2.79 bits per heavy atom. The number of carbonyl (C=O) groups excluding carboxylic acids is 1. The van der Waals surface area contributed by atoms with Crippen molar-refractivity contribution in [2.45, 2.75) is 26.8 Å². The Balaban J connectivity index is 1.72. The number of amides is 1. The molecule has 0 saturated heterocycles. The number of aromatic nitrogens is 4. The van der Waals surface area contributed by atoms with E-state index in [1.807, 2.05) is 38.1 Å². The van der Waals surface area contributed by atoms with Crippen LogP contribution in [0.4, 0.5) is 5.82 Å². The van der Waals surface area contributed by atoms with Crippen LogP contribution >= 0.6 is 0 Å². The molecule has 2 aromatic heterocycles. The summed E-state index contributed by atoms with van der Waals surface area (Å²) in [5.41, 5.74) is 1.86. The molecule has 28 heavy (non-hydrogen) atoms. The van der Waals surface area contributed by atoms with Crippen molar-refractivity contribution in [3.8, 4) is 17.0 Å². The van der Waals surface area contributed by atoms with Gasteiger partial charge in [-0.05, 0) is 18.1 Å². The first-order valence-corrected chi connectivity index (χ1v) is 9.00. The van der Waals surface area contributed by atoms with Crippen molar-refractivity contribution in [1.82, 2.24) is 19.7 Å². The molecule has 3 aromatic rings. The first-order chi connectivity index (χ1) is 13.5. The lowest BCUT2D eigenvalue weighted by Gasteiger charge is -2.09. The lowest BCUT2D eigenvalue weighted by molar-refractivity contribution is -0.115. The molecule has 146 valence electrons. The quantitative estimate of drug-likeness (QED) is 0.655. The molecule has 0 bridgehead atoms. The lowest BCUT2D eigenvalue weighted by atomic mass is 10.1. The molecule has 0 aliphatic rings. The van der Waals surface area contributed by atoms with Crippen molar-refractivity contribution in [3.05, 3.63) is 58.8 Å². The Morgan fingerprint density at radius 2 is 2.04 bits per heavy atom. The molecule has 0 aliphatic carbocycles. The minimum Gasteiger partial charge on any atom is -0.496 e. The van der Waals surface area contributed by atoms with Gasteiger partial charge in [0.05, 0.1) is 19.2 Å². The molecule has 8 nitrogen and oxygen atoms in total. The summed E-state index contributed by atoms with van der Waals surface area (Å²) in [6.45, 7) is 4.62. The molecule has 3 rings (SSSR count). The molecule has 0 atom stereocenters. The van der Waals surface area contributed by atoms with Crippen LogP contribution in [0.1, 0.15) is 19.5 Å². The van der Waals surface area contributed by atoms with E-state index in [1.165, 1.54) is 17.1 Å². The summed E-state index contributed by atoms with van der Waals surface area (Å²) in [5, 5.41) is 5.72. The van der Waals surface area contributed by atoms with Crippen LogP contribution in [0.3, 0.4) is 0 Å². The predicted octanol–water partition coefficient (Wildman–Crippen LogP) is 2.48. The second kappa shape index (κ2) is 8.51. The summed E-state index contributed by atoms with van der Waals surface area (Å²) in [5.74, 6) is 1.11. The number of H-pyrrole nitrogens is 1. The number of nitrogens with zero attached hydrogens (tertiary/aromatic N) is 3. The van der Waals surface area contributed by atoms with E-state index >= 15 is 0 Å². The highest BCUT2D eigenvalue weighted by molar-refractivity contribution is 5.91. The SMILES string of the molecule is COc1ccccc1-c1cc(NC(=O)Cc2cc(=O)n(CC(C)C)[nH]2)ncn1. The zero-order valence-electron chi connectivity index (χ0n) is 16.1. The summed E-state index contributed by atoms with van der Waals surface area (Å²) in [7, 11) is 1.59. The van der Waals surface area contributed by atoms with Crippen LogP contribution in [0.2, 0.25) is 0 Å². The number of methoxy groups -OCH3 is 1. The van der Waals surface area contributed by atoms with Gasteiger partial charge >= 0.3 is 0 Å². The number of carbonyl (C=O) groups is 1. The van der Waals surface area contributed by atoms with Crippen molar-refractivity contribution in [3.63, 3.8) is 0 Å². The number of rotatable bonds is 7. The number of anilines is 1. The van der Waals surface area contributed by atoms with Crippen LogP contribution < -0.4 is 15.6 Å². The molecule has 2 heterocycles. The summed E-state index contributed by atoms with van der Waals surface area (Å²) in [4.78, 5) is 32.7. The van der Waals surface area contributed by atoms with Gasteiger partial charge in [-0.3, -0.25) is 19.4 Å². The van der Waals surface area contributed by atoms with Gasteiger partial charge in [0.15, 0.2) is 0 Å². The van der Waals surface area contributed by atoms with Crippen molar-refractivity contribution in [2.24, 2.45) is 5.92 Å². The first-order valence-electron chi connectivity index (χ1n) is 9.00. The van der Waals surface area contributed by atoms with Crippen molar-refractivity contribution in [2.75, 3.05) is 12.4 Å². The van der Waals surface area contributed by atoms with Crippen molar-refractivity contribution >= 4 is 11.7 Å². The standard InChI is InChI=1S/C20H23N5O3/c1-13(2)11-25-20(27)9-14(24-25)8-19(26)23-18-10-16(21-12-22-18)15-6-4-5-7-17(15)28-3/h4-7,9-10,12-13,24H,8,11H2,1-3H3,(H,21,22,23,26). The van der Waals surface area contributed by atoms with Gasteiger partial charge in [0.1, 0.15) is 17.9 Å². The monoisotopic (exact) mass is 381 g/mol. The Kier molecular flexibility index (Phi) is 5.88. The maximum atomic E-state index is 12.4. The number of benzene rings is 1. The summed E-state index contributed by atoms with van der Waals surface area (Å²) in [6.07, 6.45) is 1.44. The molecule has 0 spiro atoms. The molecule has 0 aliphatic heterocycles. The van der Waals surface area contributed by atoms with Crippen LogP contribution in [-0.2, 0) is 17.8 Å². The van der Waals surface area contributed by atoms with Crippen LogP contribution in [-0.4, -0.2) is 32.8 Å². The highest BCUT2D eigenvalue weighted by Gasteiger charge is 2.12. The van der Waals surface area contributed by atoms with Crippen molar-refractivity contribution in [1.29, 1.82) is 0 Å². The topological polar surface area (TPSA) is 102 Å². The first kappa shape index (κ1) is 19.3. The molecule has 0 unspecified atom stereocenters. The Hall–Kier alpha value is -3.42. The fourth-order valence-electron chi connectivity index (χ4n) is 2.87. The van der Waals surface area contributed by atoms with Gasteiger partial charge in [-0.1, -0.05) is 26.0 Å². The second-order valence-corrected chi connectivity index (χ2v) is 6.84. The van der Waals surface area contributed by atoms with Gasteiger partial charge < -0.3 is 10.1 Å². The molecule has 1 aromatic carbocycles. The van der Waals surface area contributed by atoms with E-state index in [4.69, 9.17) is 4.74 Å². The number of hydrogen-bond acceptors (Lipinski definition) is 5. The maximum Gasteiger partial charge on any atom is 0.266 e.